The van der Waals surface area contributed by atoms with E-state index in [1.165, 1.54) is 6.92 Å². The maximum absolute atomic E-state index is 11.7. The normalized spacial score (nSPS) is 17.1. The van der Waals surface area contributed by atoms with Crippen molar-refractivity contribution in [1.82, 2.24) is 15.4 Å². The van der Waals surface area contributed by atoms with Crippen molar-refractivity contribution in [2.24, 2.45) is 4.40 Å². The number of amides is 2. The van der Waals surface area contributed by atoms with Gasteiger partial charge >= 0.3 is 10.2 Å². The maximum Gasteiger partial charge on any atom is 0.342 e. The molecule has 1 aliphatic rings. The Bertz CT molecular complexity index is 577. The van der Waals surface area contributed by atoms with Crippen molar-refractivity contribution >= 4 is 27.7 Å². The lowest BCUT2D eigenvalue weighted by atomic mass is 10.1. The molecule has 0 atom stereocenters. The fourth-order valence-electron chi connectivity index (χ4n) is 1.71. The summed E-state index contributed by atoms with van der Waals surface area (Å²) in [5.41, 5.74) is 1.15. The highest BCUT2D eigenvalue weighted by Crippen LogP contribution is 2.16. The molecule has 0 fully saturated rings. The average Bonchev–Trinajstić information content (AvgIpc) is 2.30. The summed E-state index contributed by atoms with van der Waals surface area (Å²) < 4.78 is 28.3. The van der Waals surface area contributed by atoms with E-state index in [0.29, 0.717) is 17.8 Å². The molecule has 0 aromatic heterocycles. The molecule has 0 spiro atoms. The Hall–Kier alpha value is -1.90. The lowest BCUT2D eigenvalue weighted by Gasteiger charge is -2.17. The Balaban J connectivity index is 2.63. The second-order valence-corrected chi connectivity index (χ2v) is 5.60. The summed E-state index contributed by atoms with van der Waals surface area (Å²) in [5, 5.41) is 5.01. The van der Waals surface area contributed by atoms with Crippen molar-refractivity contribution in [1.29, 1.82) is 0 Å². The van der Waals surface area contributed by atoms with Gasteiger partial charge in [0.1, 0.15) is 0 Å². The molecule has 0 saturated heterocycles. The van der Waals surface area contributed by atoms with E-state index in [0.717, 1.165) is 0 Å². The van der Waals surface area contributed by atoms with E-state index < -0.39 is 10.2 Å². The third kappa shape index (κ3) is 4.65. The zero-order valence-electron chi connectivity index (χ0n) is 11.6. The number of carbonyl (C=O) groups is 2. The van der Waals surface area contributed by atoms with E-state index in [-0.39, 0.29) is 30.5 Å². The minimum Gasteiger partial charge on any atom is -0.355 e. The Labute approximate surface area is 117 Å². The van der Waals surface area contributed by atoms with E-state index in [1.807, 2.05) is 0 Å². The van der Waals surface area contributed by atoms with Gasteiger partial charge in [-0.2, -0.15) is 8.42 Å². The van der Waals surface area contributed by atoms with E-state index in [1.54, 1.807) is 13.8 Å². The zero-order valence-corrected chi connectivity index (χ0v) is 12.4. The Morgan fingerprint density at radius 1 is 1.20 bits per heavy atom. The van der Waals surface area contributed by atoms with Gasteiger partial charge in [-0.05, 0) is 20.8 Å². The molecular formula is C11H18N4O4S. The molecule has 20 heavy (non-hydrogen) atoms. The van der Waals surface area contributed by atoms with Crippen LogP contribution in [-0.4, -0.2) is 39.0 Å². The molecule has 2 amide bonds. The summed E-state index contributed by atoms with van der Waals surface area (Å²) in [6.07, 6.45) is -0.0386. The molecule has 8 nitrogen and oxygen atoms in total. The summed E-state index contributed by atoms with van der Waals surface area (Å²) in [6, 6.07) is 0. The predicted octanol–water partition coefficient (Wildman–Crippen LogP) is -0.788. The quantitative estimate of drug-likeness (QED) is 0.617. The minimum absolute atomic E-state index is 0.0386. The molecule has 1 rings (SSSR count). The number of carbonyl (C=O) groups excluding carboxylic acids is 2. The van der Waals surface area contributed by atoms with Gasteiger partial charge in [0.15, 0.2) is 0 Å². The summed E-state index contributed by atoms with van der Waals surface area (Å²) >= 11 is 0. The number of rotatable bonds is 5. The predicted molar refractivity (Wildman–Crippen MR) is 74.2 cm³/mol. The Kier molecular flexibility index (Phi) is 5.26. The van der Waals surface area contributed by atoms with Crippen molar-refractivity contribution in [2.45, 2.75) is 27.2 Å². The van der Waals surface area contributed by atoms with Crippen LogP contribution in [0.15, 0.2) is 15.7 Å². The van der Waals surface area contributed by atoms with Gasteiger partial charge in [0, 0.05) is 17.8 Å². The van der Waals surface area contributed by atoms with Crippen molar-refractivity contribution < 1.29 is 18.0 Å². The second-order valence-electron chi connectivity index (χ2n) is 4.26. The highest BCUT2D eigenvalue weighted by Gasteiger charge is 2.22. The van der Waals surface area contributed by atoms with E-state index in [9.17, 15) is 18.0 Å². The molecule has 1 aliphatic heterocycles. The Morgan fingerprint density at radius 2 is 1.85 bits per heavy atom. The van der Waals surface area contributed by atoms with Crippen LogP contribution in [0.4, 0.5) is 0 Å². The van der Waals surface area contributed by atoms with Gasteiger partial charge in [-0.15, -0.1) is 4.40 Å². The molecule has 3 N–H and O–H groups in total. The molecule has 0 aromatic carbocycles. The topological polar surface area (TPSA) is 117 Å². The highest BCUT2D eigenvalue weighted by atomic mass is 32.2. The molecular weight excluding hydrogens is 284 g/mol. The second kappa shape index (κ2) is 6.51. The lowest BCUT2D eigenvalue weighted by molar-refractivity contribution is -0.125. The van der Waals surface area contributed by atoms with Gasteiger partial charge in [-0.1, -0.05) is 0 Å². The van der Waals surface area contributed by atoms with Gasteiger partial charge < -0.3 is 10.6 Å². The van der Waals surface area contributed by atoms with Crippen molar-refractivity contribution in [3.63, 3.8) is 0 Å². The van der Waals surface area contributed by atoms with Crippen LogP contribution in [-0.2, 0) is 19.8 Å². The van der Waals surface area contributed by atoms with Gasteiger partial charge in [-0.3, -0.25) is 14.3 Å². The number of hydrogen-bond acceptors (Lipinski definition) is 4. The van der Waals surface area contributed by atoms with Gasteiger partial charge in [0.05, 0.1) is 18.7 Å². The van der Waals surface area contributed by atoms with E-state index in [4.69, 9.17) is 0 Å². The van der Waals surface area contributed by atoms with Crippen LogP contribution in [0.3, 0.4) is 0 Å². The number of hydrogen-bond donors (Lipinski definition) is 3. The third-order valence-corrected chi connectivity index (χ3v) is 3.66. The van der Waals surface area contributed by atoms with Crippen LogP contribution in [0.25, 0.3) is 0 Å². The summed E-state index contributed by atoms with van der Waals surface area (Å²) in [5.74, 6) is -0.650. The summed E-state index contributed by atoms with van der Waals surface area (Å²) in [4.78, 5) is 22.9. The third-order valence-electron chi connectivity index (χ3n) is 2.59. The van der Waals surface area contributed by atoms with Gasteiger partial charge in [0.2, 0.25) is 11.8 Å². The van der Waals surface area contributed by atoms with Crippen LogP contribution in [0.2, 0.25) is 0 Å². The largest absolute Gasteiger partial charge is 0.355 e. The molecule has 112 valence electrons. The Morgan fingerprint density at radius 3 is 2.40 bits per heavy atom. The standard InChI is InChI=1S/C11H18N4O4S/c1-4-12-11(17)6-13-10(16)5-9-7(2)14-20(18,19)15-8(9)3/h14H,4-6H2,1-3H3,(H,12,17)(H,13,16). The minimum atomic E-state index is -3.70. The molecule has 0 aromatic rings. The lowest BCUT2D eigenvalue weighted by Crippen LogP contribution is -2.37. The first-order valence-electron chi connectivity index (χ1n) is 6.08. The maximum atomic E-state index is 11.7. The first kappa shape index (κ1) is 16.2. The molecule has 9 heteroatoms. The van der Waals surface area contributed by atoms with E-state index in [2.05, 4.69) is 19.8 Å². The molecule has 0 aliphatic carbocycles. The monoisotopic (exact) mass is 302 g/mol. The van der Waals surface area contributed by atoms with Crippen LogP contribution in [0, 0.1) is 0 Å². The zero-order chi connectivity index (χ0) is 15.3. The van der Waals surface area contributed by atoms with Gasteiger partial charge in [0.25, 0.3) is 0 Å². The van der Waals surface area contributed by atoms with Crippen LogP contribution in [0.5, 0.6) is 0 Å². The number of allylic oxidation sites excluding steroid dienone is 1. The SMILES string of the molecule is CCNC(=O)CNC(=O)CC1=C(C)NS(=O)(=O)N=C1C. The van der Waals surface area contributed by atoms with Crippen LogP contribution < -0.4 is 15.4 Å². The first-order valence-corrected chi connectivity index (χ1v) is 7.52. The summed E-state index contributed by atoms with van der Waals surface area (Å²) in [7, 11) is -3.70. The molecule has 1 heterocycles. The van der Waals surface area contributed by atoms with Crippen LogP contribution >= 0.6 is 0 Å². The van der Waals surface area contributed by atoms with Crippen molar-refractivity contribution in [3.05, 3.63) is 11.3 Å². The highest BCUT2D eigenvalue weighted by molar-refractivity contribution is 7.88. The molecule has 0 bridgehead atoms. The van der Waals surface area contributed by atoms with E-state index >= 15 is 0 Å². The van der Waals surface area contributed by atoms with Crippen molar-refractivity contribution in [3.8, 4) is 0 Å². The van der Waals surface area contributed by atoms with Crippen LogP contribution in [0.1, 0.15) is 27.2 Å². The summed E-state index contributed by atoms with van der Waals surface area (Å²) in [6.45, 7) is 5.24. The smallest absolute Gasteiger partial charge is 0.342 e. The van der Waals surface area contributed by atoms with Crippen molar-refractivity contribution in [2.75, 3.05) is 13.1 Å². The average molecular weight is 302 g/mol. The number of nitrogens with zero attached hydrogens (tertiary/aromatic N) is 1. The molecule has 0 unspecified atom stereocenters. The number of likely N-dealkylation sites (N-methyl/N-ethyl adjacent to an activating group) is 1. The van der Waals surface area contributed by atoms with Gasteiger partial charge in [-0.25, -0.2) is 0 Å². The number of nitrogens with one attached hydrogen (secondary N) is 3. The molecule has 0 radical (unpaired) electrons. The first-order chi connectivity index (χ1) is 9.25. The fraction of sp³-hybridized carbons (Fsp3) is 0.545. The molecule has 0 saturated carbocycles. The fourth-order valence-corrected chi connectivity index (χ4v) is 2.73.